The van der Waals surface area contributed by atoms with Gasteiger partial charge in [-0.3, -0.25) is 14.4 Å². The van der Waals surface area contributed by atoms with Crippen LogP contribution in [-0.4, -0.2) is 52.7 Å². The van der Waals surface area contributed by atoms with E-state index in [4.69, 9.17) is 0 Å². The molecule has 2 heterocycles. The molecule has 2 aliphatic heterocycles. The van der Waals surface area contributed by atoms with Gasteiger partial charge in [-0.25, -0.2) is 0 Å². The second-order valence-electron chi connectivity index (χ2n) is 6.58. The van der Waals surface area contributed by atoms with Crippen LogP contribution in [0.1, 0.15) is 43.0 Å². The van der Waals surface area contributed by atoms with E-state index in [1.165, 1.54) is 18.2 Å². The van der Waals surface area contributed by atoms with E-state index in [0.29, 0.717) is 17.8 Å². The molecule has 3 amide bonds. The van der Waals surface area contributed by atoms with Crippen LogP contribution in [0.2, 0.25) is 0 Å². The molecule has 1 aromatic carbocycles. The summed E-state index contributed by atoms with van der Waals surface area (Å²) >= 11 is 1.38. The van der Waals surface area contributed by atoms with Crippen molar-refractivity contribution in [1.82, 2.24) is 10.2 Å². The third-order valence-electron chi connectivity index (χ3n) is 4.47. The summed E-state index contributed by atoms with van der Waals surface area (Å²) in [6.07, 6.45) is 3.50. The topological polar surface area (TPSA) is 90.9 Å². The first-order valence-corrected chi connectivity index (χ1v) is 10.2. The van der Waals surface area contributed by atoms with E-state index in [1.54, 1.807) is 24.3 Å². The van der Waals surface area contributed by atoms with Gasteiger partial charge in [-0.2, -0.15) is 4.99 Å². The van der Waals surface area contributed by atoms with Gasteiger partial charge in [0, 0.05) is 37.3 Å². The Bertz CT molecular complexity index is 759. The zero-order valence-corrected chi connectivity index (χ0v) is 16.2. The van der Waals surface area contributed by atoms with Crippen LogP contribution in [0, 0.1) is 0 Å². The molecule has 0 aromatic heterocycles. The van der Waals surface area contributed by atoms with Crippen LogP contribution in [-0.2, 0) is 9.59 Å². The molecule has 1 aromatic rings. The number of hydrogen-bond donors (Lipinski definition) is 2. The number of benzene rings is 1. The van der Waals surface area contributed by atoms with Crippen LogP contribution in [0.4, 0.5) is 5.69 Å². The molecule has 1 fully saturated rings. The Hall–Kier alpha value is -2.35. The fourth-order valence-corrected chi connectivity index (χ4v) is 4.23. The number of piperidine rings is 1. The molecule has 144 valence electrons. The summed E-state index contributed by atoms with van der Waals surface area (Å²) in [6.45, 7) is 4.23. The summed E-state index contributed by atoms with van der Waals surface area (Å²) in [7, 11) is 0. The molecule has 1 atom stereocenters. The number of amides is 3. The minimum atomic E-state index is -0.478. The lowest BCUT2D eigenvalue weighted by Crippen LogP contribution is -2.33. The van der Waals surface area contributed by atoms with Crippen molar-refractivity contribution in [2.75, 3.05) is 25.0 Å². The van der Waals surface area contributed by atoms with Crippen molar-refractivity contribution in [1.29, 1.82) is 0 Å². The first-order chi connectivity index (χ1) is 13.1. The van der Waals surface area contributed by atoms with Crippen LogP contribution < -0.4 is 10.6 Å². The molecule has 0 spiro atoms. The molecule has 8 heteroatoms. The fourth-order valence-electron chi connectivity index (χ4n) is 3.11. The van der Waals surface area contributed by atoms with Crippen molar-refractivity contribution < 1.29 is 14.4 Å². The van der Waals surface area contributed by atoms with Gasteiger partial charge in [-0.1, -0.05) is 17.8 Å². The second kappa shape index (κ2) is 9.03. The maximum atomic E-state index is 12.4. The summed E-state index contributed by atoms with van der Waals surface area (Å²) in [5.41, 5.74) is 1.02. The van der Waals surface area contributed by atoms with Gasteiger partial charge in [0.15, 0.2) is 5.17 Å². The monoisotopic (exact) mass is 388 g/mol. The molecular weight excluding hydrogens is 364 g/mol. The van der Waals surface area contributed by atoms with Crippen LogP contribution in [0.25, 0.3) is 0 Å². The van der Waals surface area contributed by atoms with E-state index in [9.17, 15) is 14.4 Å². The van der Waals surface area contributed by atoms with Crippen molar-refractivity contribution in [3.8, 4) is 0 Å². The van der Waals surface area contributed by atoms with Crippen molar-refractivity contribution in [2.45, 2.75) is 37.9 Å². The van der Waals surface area contributed by atoms with Crippen molar-refractivity contribution in [3.05, 3.63) is 29.8 Å². The van der Waals surface area contributed by atoms with Gasteiger partial charge in [0.05, 0.1) is 0 Å². The molecular formula is C19H24N4O3S. The molecule has 2 N–H and O–H groups in total. The predicted molar refractivity (Wildman–Crippen MR) is 107 cm³/mol. The van der Waals surface area contributed by atoms with Crippen molar-refractivity contribution in [3.63, 3.8) is 0 Å². The number of amidine groups is 1. The second-order valence-corrected chi connectivity index (χ2v) is 7.75. The Morgan fingerprint density at radius 2 is 2.04 bits per heavy atom. The van der Waals surface area contributed by atoms with E-state index in [1.807, 2.05) is 6.92 Å². The van der Waals surface area contributed by atoms with Crippen molar-refractivity contribution >= 4 is 40.3 Å². The van der Waals surface area contributed by atoms with Crippen LogP contribution in [0.5, 0.6) is 0 Å². The Labute approximate surface area is 163 Å². The zero-order chi connectivity index (χ0) is 19.2. The summed E-state index contributed by atoms with van der Waals surface area (Å²) < 4.78 is 0. The van der Waals surface area contributed by atoms with Crippen molar-refractivity contribution in [2.24, 2.45) is 4.99 Å². The zero-order valence-electron chi connectivity index (χ0n) is 15.4. The minimum absolute atomic E-state index is 0.0652. The fraction of sp³-hybridized carbons (Fsp3) is 0.474. The summed E-state index contributed by atoms with van der Waals surface area (Å²) in [6, 6.07) is 6.75. The van der Waals surface area contributed by atoms with Gasteiger partial charge in [0.1, 0.15) is 5.25 Å². The Kier molecular flexibility index (Phi) is 6.49. The Morgan fingerprint density at radius 1 is 1.26 bits per heavy atom. The van der Waals surface area contributed by atoms with E-state index in [-0.39, 0.29) is 24.1 Å². The third kappa shape index (κ3) is 5.09. The highest BCUT2D eigenvalue weighted by Crippen LogP contribution is 2.29. The van der Waals surface area contributed by atoms with Gasteiger partial charge in [-0.05, 0) is 44.4 Å². The number of thioether (sulfide) groups is 1. The SMILES string of the molecule is CCNC(=O)c1cccc(NC(=O)C[C@@H]2SC(N3CCCCC3)=NC2=O)c1. The van der Waals surface area contributed by atoms with E-state index in [0.717, 1.165) is 31.1 Å². The van der Waals surface area contributed by atoms with Gasteiger partial charge in [0.2, 0.25) is 5.91 Å². The average molecular weight is 388 g/mol. The summed E-state index contributed by atoms with van der Waals surface area (Å²) in [4.78, 5) is 42.7. The quantitative estimate of drug-likeness (QED) is 0.807. The number of nitrogens with one attached hydrogen (secondary N) is 2. The van der Waals surface area contributed by atoms with Gasteiger partial charge >= 0.3 is 0 Å². The molecule has 0 radical (unpaired) electrons. The number of likely N-dealkylation sites (tertiary alicyclic amines) is 1. The molecule has 1 saturated heterocycles. The van der Waals surface area contributed by atoms with Crippen LogP contribution in [0.3, 0.4) is 0 Å². The number of carbonyl (C=O) groups excluding carboxylic acids is 3. The van der Waals surface area contributed by atoms with Crippen LogP contribution in [0.15, 0.2) is 29.3 Å². The molecule has 0 saturated carbocycles. The molecule has 27 heavy (non-hydrogen) atoms. The average Bonchev–Trinajstić information content (AvgIpc) is 3.03. The normalized spacial score (nSPS) is 19.6. The first kappa shape index (κ1) is 19.4. The Balaban J connectivity index is 1.55. The van der Waals surface area contributed by atoms with Gasteiger partial charge in [0.25, 0.3) is 11.8 Å². The van der Waals surface area contributed by atoms with Gasteiger partial charge in [-0.15, -0.1) is 0 Å². The smallest absolute Gasteiger partial charge is 0.262 e. The molecule has 7 nitrogen and oxygen atoms in total. The molecule has 0 unspecified atom stereocenters. The number of rotatable bonds is 5. The number of anilines is 1. The highest BCUT2D eigenvalue weighted by Gasteiger charge is 2.33. The lowest BCUT2D eigenvalue weighted by molar-refractivity contribution is -0.121. The van der Waals surface area contributed by atoms with Crippen LogP contribution >= 0.6 is 11.8 Å². The highest BCUT2D eigenvalue weighted by atomic mass is 32.2. The molecule has 0 bridgehead atoms. The van der Waals surface area contributed by atoms with E-state index >= 15 is 0 Å². The molecule has 0 aliphatic carbocycles. The molecule has 2 aliphatic rings. The van der Waals surface area contributed by atoms with Gasteiger partial charge < -0.3 is 15.5 Å². The summed E-state index contributed by atoms with van der Waals surface area (Å²) in [5.74, 6) is -0.689. The van der Waals surface area contributed by atoms with E-state index < -0.39 is 5.25 Å². The first-order valence-electron chi connectivity index (χ1n) is 9.29. The number of nitrogens with zero attached hydrogens (tertiary/aromatic N) is 2. The molecule has 3 rings (SSSR count). The predicted octanol–water partition coefficient (Wildman–Crippen LogP) is 2.25. The lowest BCUT2D eigenvalue weighted by Gasteiger charge is -2.27. The standard InChI is InChI=1S/C19H24N4O3S/c1-2-20-17(25)13-7-6-8-14(11-13)21-16(24)12-15-18(26)22-19(27-15)23-9-4-3-5-10-23/h6-8,11,15H,2-5,9-10,12H2,1H3,(H,20,25)(H,21,24)/t15-/m0/s1. The maximum Gasteiger partial charge on any atom is 0.262 e. The van der Waals surface area contributed by atoms with E-state index in [2.05, 4.69) is 20.5 Å². The Morgan fingerprint density at radius 3 is 2.78 bits per heavy atom. The number of aliphatic imine (C=N–C) groups is 1. The summed E-state index contributed by atoms with van der Waals surface area (Å²) in [5, 5.41) is 5.76. The minimum Gasteiger partial charge on any atom is -0.352 e. The highest BCUT2D eigenvalue weighted by molar-refractivity contribution is 8.15. The largest absolute Gasteiger partial charge is 0.352 e. The number of carbonyl (C=O) groups is 3. The lowest BCUT2D eigenvalue weighted by atomic mass is 10.1. The maximum absolute atomic E-state index is 12.4. The number of hydrogen-bond acceptors (Lipinski definition) is 5. The third-order valence-corrected chi connectivity index (χ3v) is 5.69.